The van der Waals surface area contributed by atoms with Gasteiger partial charge in [-0.25, -0.2) is 0 Å². The molecule has 0 saturated carbocycles. The molecule has 1 atom stereocenters. The van der Waals surface area contributed by atoms with Crippen LogP contribution in [0.15, 0.2) is 24.3 Å². The highest BCUT2D eigenvalue weighted by Crippen LogP contribution is 2.11. The van der Waals surface area contributed by atoms with E-state index in [0.29, 0.717) is 13.1 Å². The number of amides is 1. The lowest BCUT2D eigenvalue weighted by Gasteiger charge is -2.22. The second-order valence-corrected chi connectivity index (χ2v) is 5.53. The molecule has 0 aliphatic carbocycles. The molecule has 0 aromatic heterocycles. The third-order valence-corrected chi connectivity index (χ3v) is 3.68. The van der Waals surface area contributed by atoms with Gasteiger partial charge < -0.3 is 11.1 Å². The van der Waals surface area contributed by atoms with E-state index in [1.54, 1.807) is 0 Å². The van der Waals surface area contributed by atoms with E-state index in [4.69, 9.17) is 5.73 Å². The molecular formula is C17H29N3O. The fraction of sp³-hybridized carbons (Fsp3) is 0.588. The first-order valence-electron chi connectivity index (χ1n) is 7.89. The second kappa shape index (κ2) is 9.53. The number of benzene rings is 1. The van der Waals surface area contributed by atoms with Crippen LogP contribution in [0.25, 0.3) is 0 Å². The maximum absolute atomic E-state index is 12.1. The summed E-state index contributed by atoms with van der Waals surface area (Å²) in [5, 5.41) is 3.05. The minimum atomic E-state index is 0.100. The summed E-state index contributed by atoms with van der Waals surface area (Å²) in [6.07, 6.45) is 2.11. The Kier molecular flexibility index (Phi) is 8.01. The summed E-state index contributed by atoms with van der Waals surface area (Å²) in [4.78, 5) is 14.2. The van der Waals surface area contributed by atoms with Crippen molar-refractivity contribution in [3.63, 3.8) is 0 Å². The molecule has 0 spiro atoms. The summed E-state index contributed by atoms with van der Waals surface area (Å²) in [5.41, 5.74) is 8.12. The molecule has 0 aliphatic heterocycles. The van der Waals surface area contributed by atoms with Crippen molar-refractivity contribution < 1.29 is 4.79 Å². The van der Waals surface area contributed by atoms with Gasteiger partial charge in [-0.1, -0.05) is 44.5 Å². The van der Waals surface area contributed by atoms with Gasteiger partial charge in [0.05, 0.1) is 6.54 Å². The van der Waals surface area contributed by atoms with Gasteiger partial charge in [-0.05, 0) is 31.0 Å². The average molecular weight is 291 g/mol. The van der Waals surface area contributed by atoms with Crippen molar-refractivity contribution >= 4 is 5.91 Å². The number of hydrogen-bond donors (Lipinski definition) is 2. The molecule has 1 rings (SSSR count). The highest BCUT2D eigenvalue weighted by Gasteiger charge is 2.12. The van der Waals surface area contributed by atoms with Crippen molar-refractivity contribution in [1.82, 2.24) is 10.2 Å². The number of carbonyl (C=O) groups is 1. The number of likely N-dealkylation sites (N-methyl/N-ethyl adjacent to an activating group) is 1. The number of nitrogens with zero attached hydrogens (tertiary/aromatic N) is 1. The minimum absolute atomic E-state index is 0.100. The lowest BCUT2D eigenvalue weighted by atomic mass is 10.1. The number of nitrogens with one attached hydrogen (secondary N) is 1. The van der Waals surface area contributed by atoms with E-state index in [2.05, 4.69) is 37.1 Å². The summed E-state index contributed by atoms with van der Waals surface area (Å²) < 4.78 is 0. The van der Waals surface area contributed by atoms with Crippen LogP contribution in [0.2, 0.25) is 0 Å². The third-order valence-electron chi connectivity index (χ3n) is 3.68. The van der Waals surface area contributed by atoms with Gasteiger partial charge in [-0.15, -0.1) is 0 Å². The second-order valence-electron chi connectivity index (χ2n) is 5.53. The van der Waals surface area contributed by atoms with Gasteiger partial charge in [-0.2, -0.15) is 0 Å². The van der Waals surface area contributed by atoms with E-state index < -0.39 is 0 Å². The highest BCUT2D eigenvalue weighted by atomic mass is 16.2. The van der Waals surface area contributed by atoms with E-state index >= 15 is 0 Å². The Morgan fingerprint density at radius 1 is 1.29 bits per heavy atom. The molecule has 0 fully saturated rings. The molecule has 0 saturated heterocycles. The van der Waals surface area contributed by atoms with Gasteiger partial charge in [0.2, 0.25) is 5.91 Å². The van der Waals surface area contributed by atoms with E-state index in [9.17, 15) is 4.79 Å². The largest absolute Gasteiger partial charge is 0.353 e. The maximum atomic E-state index is 12.1. The zero-order valence-electron chi connectivity index (χ0n) is 13.6. The summed E-state index contributed by atoms with van der Waals surface area (Å²) in [6, 6.07) is 8.40. The Morgan fingerprint density at radius 3 is 2.52 bits per heavy atom. The molecule has 1 unspecified atom stereocenters. The molecule has 1 aromatic carbocycles. The standard InChI is InChI=1S/C17H29N3O/c1-4-8-14(3)19-17(21)13-20(5-2)12-16-10-7-6-9-15(16)11-18/h6-7,9-10,14H,4-5,8,11-13,18H2,1-3H3,(H,19,21). The van der Waals surface area contributed by atoms with E-state index in [1.807, 2.05) is 18.2 Å². The van der Waals surface area contributed by atoms with Crippen molar-refractivity contribution in [2.24, 2.45) is 5.73 Å². The van der Waals surface area contributed by atoms with Crippen molar-refractivity contribution in [2.75, 3.05) is 13.1 Å². The van der Waals surface area contributed by atoms with Gasteiger partial charge in [0.25, 0.3) is 0 Å². The molecule has 4 nitrogen and oxygen atoms in total. The van der Waals surface area contributed by atoms with Crippen molar-refractivity contribution in [1.29, 1.82) is 0 Å². The van der Waals surface area contributed by atoms with Gasteiger partial charge >= 0.3 is 0 Å². The molecule has 0 radical (unpaired) electrons. The van der Waals surface area contributed by atoms with Crippen LogP contribution >= 0.6 is 0 Å². The Labute approximate surface area is 128 Å². The molecular weight excluding hydrogens is 262 g/mol. The van der Waals surface area contributed by atoms with Gasteiger partial charge in [0.1, 0.15) is 0 Å². The topological polar surface area (TPSA) is 58.4 Å². The molecule has 0 heterocycles. The lowest BCUT2D eigenvalue weighted by molar-refractivity contribution is -0.123. The number of nitrogens with two attached hydrogens (primary N) is 1. The van der Waals surface area contributed by atoms with Crippen molar-refractivity contribution in [2.45, 2.75) is 52.7 Å². The van der Waals surface area contributed by atoms with Crippen LogP contribution in [0, 0.1) is 0 Å². The predicted octanol–water partition coefficient (Wildman–Crippen LogP) is 2.27. The van der Waals surface area contributed by atoms with E-state index in [-0.39, 0.29) is 11.9 Å². The van der Waals surface area contributed by atoms with Crippen LogP contribution < -0.4 is 11.1 Å². The minimum Gasteiger partial charge on any atom is -0.353 e. The third kappa shape index (κ3) is 6.27. The Bertz CT molecular complexity index is 434. The molecule has 1 amide bonds. The first-order valence-corrected chi connectivity index (χ1v) is 7.89. The maximum Gasteiger partial charge on any atom is 0.234 e. The fourth-order valence-electron chi connectivity index (χ4n) is 2.46. The van der Waals surface area contributed by atoms with Crippen LogP contribution in [0.4, 0.5) is 0 Å². The molecule has 21 heavy (non-hydrogen) atoms. The summed E-state index contributed by atoms with van der Waals surface area (Å²) in [5.74, 6) is 0.100. The van der Waals surface area contributed by atoms with E-state index in [0.717, 1.165) is 31.5 Å². The normalized spacial score (nSPS) is 12.4. The average Bonchev–Trinajstić information content (AvgIpc) is 2.47. The highest BCUT2D eigenvalue weighted by molar-refractivity contribution is 5.78. The van der Waals surface area contributed by atoms with Gasteiger partial charge in [0.15, 0.2) is 0 Å². The molecule has 118 valence electrons. The Hall–Kier alpha value is -1.39. The Balaban J connectivity index is 2.57. The summed E-state index contributed by atoms with van der Waals surface area (Å²) >= 11 is 0. The summed E-state index contributed by atoms with van der Waals surface area (Å²) in [6.45, 7) is 8.84. The van der Waals surface area contributed by atoms with Crippen LogP contribution in [0.1, 0.15) is 44.7 Å². The van der Waals surface area contributed by atoms with Gasteiger partial charge in [-0.3, -0.25) is 9.69 Å². The van der Waals surface area contributed by atoms with Gasteiger partial charge in [0, 0.05) is 19.1 Å². The quantitative estimate of drug-likeness (QED) is 0.734. The zero-order chi connectivity index (χ0) is 15.7. The first-order chi connectivity index (χ1) is 10.1. The number of rotatable bonds is 9. The van der Waals surface area contributed by atoms with Crippen LogP contribution in [-0.2, 0) is 17.9 Å². The monoisotopic (exact) mass is 291 g/mol. The summed E-state index contributed by atoms with van der Waals surface area (Å²) in [7, 11) is 0. The molecule has 0 aliphatic rings. The number of hydrogen-bond acceptors (Lipinski definition) is 3. The van der Waals surface area contributed by atoms with Crippen molar-refractivity contribution in [3.05, 3.63) is 35.4 Å². The van der Waals surface area contributed by atoms with Crippen molar-refractivity contribution in [3.8, 4) is 0 Å². The SMILES string of the molecule is CCCC(C)NC(=O)CN(CC)Cc1ccccc1CN. The predicted molar refractivity (Wildman–Crippen MR) is 87.8 cm³/mol. The Morgan fingerprint density at radius 2 is 1.95 bits per heavy atom. The lowest BCUT2D eigenvalue weighted by Crippen LogP contribution is -2.40. The smallest absolute Gasteiger partial charge is 0.234 e. The molecule has 3 N–H and O–H groups in total. The molecule has 4 heteroatoms. The van der Waals surface area contributed by atoms with Crippen LogP contribution in [0.5, 0.6) is 0 Å². The number of carbonyl (C=O) groups excluding carboxylic acids is 1. The fourth-order valence-corrected chi connectivity index (χ4v) is 2.46. The van der Waals surface area contributed by atoms with E-state index in [1.165, 1.54) is 5.56 Å². The van der Waals surface area contributed by atoms with Crippen LogP contribution in [0.3, 0.4) is 0 Å². The van der Waals surface area contributed by atoms with Crippen LogP contribution in [-0.4, -0.2) is 29.9 Å². The molecule has 1 aromatic rings. The molecule has 0 bridgehead atoms. The zero-order valence-corrected chi connectivity index (χ0v) is 13.6. The first kappa shape index (κ1) is 17.7.